The molecule has 0 aliphatic carbocycles. The van der Waals surface area contributed by atoms with Gasteiger partial charge < -0.3 is 19.9 Å². The molecule has 1 atom stereocenters. The van der Waals surface area contributed by atoms with Crippen LogP contribution in [0, 0.1) is 11.6 Å². The Hall–Kier alpha value is -2.97. The number of urea groups is 1. The number of carbonyl (C=O) groups is 1. The van der Waals surface area contributed by atoms with Crippen molar-refractivity contribution in [3.8, 4) is 5.88 Å². The van der Waals surface area contributed by atoms with Crippen LogP contribution in [0.1, 0.15) is 12.8 Å². The van der Waals surface area contributed by atoms with Gasteiger partial charge in [0.05, 0.1) is 6.54 Å². The lowest BCUT2D eigenvalue weighted by Crippen LogP contribution is -2.46. The first-order valence-electron chi connectivity index (χ1n) is 8.60. The predicted molar refractivity (Wildman–Crippen MR) is 97.0 cm³/mol. The van der Waals surface area contributed by atoms with E-state index < -0.39 is 23.4 Å². The second-order valence-electron chi connectivity index (χ2n) is 6.43. The van der Waals surface area contributed by atoms with Gasteiger partial charge in [-0.1, -0.05) is 6.07 Å². The van der Waals surface area contributed by atoms with Crippen LogP contribution in [-0.2, 0) is 0 Å². The lowest BCUT2D eigenvalue weighted by atomic mass is 10.1. The maximum Gasteiger partial charge on any atom is 0.322 e. The normalized spacial score (nSPS) is 16.7. The lowest BCUT2D eigenvalue weighted by Gasteiger charge is -2.33. The Morgan fingerprint density at radius 2 is 1.96 bits per heavy atom. The number of aromatic nitrogens is 2. The second-order valence-corrected chi connectivity index (χ2v) is 6.43. The molecular formula is C18H21F2N5O2. The van der Waals surface area contributed by atoms with E-state index in [4.69, 9.17) is 4.74 Å². The zero-order valence-electron chi connectivity index (χ0n) is 15.2. The minimum atomic E-state index is -0.816. The number of para-hydroxylation sites is 1. The molecule has 1 saturated heterocycles. The first-order valence-corrected chi connectivity index (χ1v) is 8.60. The van der Waals surface area contributed by atoms with Crippen molar-refractivity contribution >= 4 is 17.5 Å². The third kappa shape index (κ3) is 4.42. The number of carbonyl (C=O) groups excluding carboxylic acids is 1. The molecule has 1 N–H and O–H groups in total. The highest BCUT2D eigenvalue weighted by Gasteiger charge is 2.27. The number of hydrogen-bond donors (Lipinski definition) is 1. The van der Waals surface area contributed by atoms with Crippen LogP contribution in [-0.4, -0.2) is 54.2 Å². The summed E-state index contributed by atoms with van der Waals surface area (Å²) in [6.07, 6.45) is 4.27. The van der Waals surface area contributed by atoms with Crippen molar-refractivity contribution in [2.24, 2.45) is 0 Å². The number of ether oxygens (including phenoxy) is 1. The van der Waals surface area contributed by atoms with E-state index in [1.54, 1.807) is 11.1 Å². The number of piperidine rings is 1. The highest BCUT2D eigenvalue weighted by Crippen LogP contribution is 2.25. The third-order valence-electron chi connectivity index (χ3n) is 4.21. The summed E-state index contributed by atoms with van der Waals surface area (Å²) < 4.78 is 33.4. The molecule has 1 aliphatic heterocycles. The maximum atomic E-state index is 13.7. The molecule has 7 nitrogen and oxygen atoms in total. The quantitative estimate of drug-likeness (QED) is 0.887. The Balaban J connectivity index is 1.67. The molecule has 0 radical (unpaired) electrons. The van der Waals surface area contributed by atoms with E-state index >= 15 is 0 Å². The molecule has 2 heterocycles. The van der Waals surface area contributed by atoms with Crippen molar-refractivity contribution in [2.45, 2.75) is 18.9 Å². The molecule has 1 aromatic heterocycles. The van der Waals surface area contributed by atoms with Crippen LogP contribution in [0.5, 0.6) is 5.88 Å². The summed E-state index contributed by atoms with van der Waals surface area (Å²) in [5.41, 5.74) is -0.450. The van der Waals surface area contributed by atoms with Crippen LogP contribution in [0.3, 0.4) is 0 Å². The van der Waals surface area contributed by atoms with Crippen molar-refractivity contribution in [2.75, 3.05) is 37.4 Å². The van der Waals surface area contributed by atoms with Crippen molar-refractivity contribution in [3.05, 3.63) is 42.2 Å². The molecule has 0 bridgehead atoms. The highest BCUT2D eigenvalue weighted by atomic mass is 19.1. The summed E-state index contributed by atoms with van der Waals surface area (Å²) in [5, 5.41) is 2.31. The Labute approximate surface area is 156 Å². The van der Waals surface area contributed by atoms with E-state index in [-0.39, 0.29) is 12.6 Å². The molecule has 144 valence electrons. The van der Waals surface area contributed by atoms with Crippen molar-refractivity contribution in [1.82, 2.24) is 14.9 Å². The summed E-state index contributed by atoms with van der Waals surface area (Å²) >= 11 is 0. The number of amides is 2. The lowest BCUT2D eigenvalue weighted by molar-refractivity contribution is 0.103. The Morgan fingerprint density at radius 3 is 2.67 bits per heavy atom. The van der Waals surface area contributed by atoms with Crippen molar-refractivity contribution in [3.63, 3.8) is 0 Å². The van der Waals surface area contributed by atoms with Gasteiger partial charge in [0.2, 0.25) is 0 Å². The number of anilines is 2. The molecule has 9 heteroatoms. The van der Waals surface area contributed by atoms with E-state index in [2.05, 4.69) is 15.3 Å². The first kappa shape index (κ1) is 18.8. The smallest absolute Gasteiger partial charge is 0.322 e. The fourth-order valence-electron chi connectivity index (χ4n) is 2.89. The number of nitrogens with zero attached hydrogens (tertiary/aromatic N) is 4. The molecule has 1 fully saturated rings. The molecule has 2 amide bonds. The topological polar surface area (TPSA) is 70.6 Å². The molecular weight excluding hydrogens is 356 g/mol. The molecule has 27 heavy (non-hydrogen) atoms. The van der Waals surface area contributed by atoms with Crippen LogP contribution < -0.4 is 15.0 Å². The summed E-state index contributed by atoms with van der Waals surface area (Å²) in [7, 11) is 3.67. The van der Waals surface area contributed by atoms with E-state index in [0.717, 1.165) is 18.6 Å². The largest absolute Gasteiger partial charge is 0.470 e. The standard InChI is InChI=1S/C18H21F2N5O2/c1-24(2)16-17(22-9-8-21-16)27-12-5-4-10-25(11-12)18(26)23-15-13(19)6-3-7-14(15)20/h3,6-9,12H,4-5,10-11H2,1-2H3,(H,23,26). The average Bonchev–Trinajstić information content (AvgIpc) is 2.65. The van der Waals surface area contributed by atoms with Gasteiger partial charge in [-0.3, -0.25) is 0 Å². The number of nitrogens with one attached hydrogen (secondary N) is 1. The van der Waals surface area contributed by atoms with Gasteiger partial charge in [-0.15, -0.1) is 0 Å². The second kappa shape index (κ2) is 8.15. The Kier molecular flexibility index (Phi) is 5.68. The molecule has 2 aromatic rings. The van der Waals surface area contributed by atoms with E-state index in [0.29, 0.717) is 24.7 Å². The molecule has 1 aliphatic rings. The van der Waals surface area contributed by atoms with Crippen LogP contribution >= 0.6 is 0 Å². The fourth-order valence-corrected chi connectivity index (χ4v) is 2.89. The van der Waals surface area contributed by atoms with Gasteiger partial charge in [0, 0.05) is 33.0 Å². The van der Waals surface area contributed by atoms with Crippen LogP contribution in [0.4, 0.5) is 25.1 Å². The van der Waals surface area contributed by atoms with Gasteiger partial charge in [0.1, 0.15) is 23.4 Å². The number of rotatable bonds is 4. The minimum absolute atomic E-state index is 0.283. The first-order chi connectivity index (χ1) is 13.0. The molecule has 1 unspecified atom stereocenters. The minimum Gasteiger partial charge on any atom is -0.470 e. The van der Waals surface area contributed by atoms with Crippen LogP contribution in [0.25, 0.3) is 0 Å². The van der Waals surface area contributed by atoms with Gasteiger partial charge in [-0.05, 0) is 25.0 Å². The van der Waals surface area contributed by atoms with Crippen LogP contribution in [0.2, 0.25) is 0 Å². The van der Waals surface area contributed by atoms with Gasteiger partial charge in [0.15, 0.2) is 5.82 Å². The number of halogens is 2. The van der Waals surface area contributed by atoms with Gasteiger partial charge in [0.25, 0.3) is 5.88 Å². The fraction of sp³-hybridized carbons (Fsp3) is 0.389. The van der Waals surface area contributed by atoms with Gasteiger partial charge in [-0.2, -0.15) is 0 Å². The third-order valence-corrected chi connectivity index (χ3v) is 4.21. The monoisotopic (exact) mass is 377 g/mol. The van der Waals surface area contributed by atoms with Crippen LogP contribution in [0.15, 0.2) is 30.6 Å². The number of benzene rings is 1. The zero-order valence-corrected chi connectivity index (χ0v) is 15.2. The molecule has 0 saturated carbocycles. The summed E-state index contributed by atoms with van der Waals surface area (Å²) in [6.45, 7) is 0.758. The van der Waals surface area contributed by atoms with E-state index in [1.165, 1.54) is 17.2 Å². The summed E-state index contributed by atoms with van der Waals surface area (Å²) in [5.74, 6) is -0.658. The SMILES string of the molecule is CN(C)c1nccnc1OC1CCCN(C(=O)Nc2c(F)cccc2F)C1. The average molecular weight is 377 g/mol. The number of hydrogen-bond acceptors (Lipinski definition) is 5. The maximum absolute atomic E-state index is 13.7. The summed E-state index contributed by atoms with van der Waals surface area (Å²) in [6, 6.07) is 2.86. The molecule has 1 aromatic carbocycles. The molecule has 0 spiro atoms. The van der Waals surface area contributed by atoms with Gasteiger partial charge in [-0.25, -0.2) is 23.5 Å². The van der Waals surface area contributed by atoms with Crippen molar-refractivity contribution in [1.29, 1.82) is 0 Å². The summed E-state index contributed by atoms with van der Waals surface area (Å²) in [4.78, 5) is 24.1. The Bertz CT molecular complexity index is 798. The van der Waals surface area contributed by atoms with E-state index in [1.807, 2.05) is 14.1 Å². The zero-order chi connectivity index (χ0) is 19.4. The van der Waals surface area contributed by atoms with Gasteiger partial charge >= 0.3 is 6.03 Å². The molecule has 3 rings (SSSR count). The Morgan fingerprint density at radius 1 is 1.26 bits per heavy atom. The number of likely N-dealkylation sites (tertiary alicyclic amines) is 1. The van der Waals surface area contributed by atoms with E-state index in [9.17, 15) is 13.6 Å². The van der Waals surface area contributed by atoms with Crippen molar-refractivity contribution < 1.29 is 18.3 Å². The highest BCUT2D eigenvalue weighted by molar-refractivity contribution is 5.89. The predicted octanol–water partition coefficient (Wildman–Crippen LogP) is 2.90.